The van der Waals surface area contributed by atoms with Crippen LogP contribution in [0.5, 0.6) is 0 Å². The first-order valence-electron chi connectivity index (χ1n) is 4.93. The molecule has 0 aromatic rings. The lowest BCUT2D eigenvalue weighted by Gasteiger charge is -2.19. The Morgan fingerprint density at radius 1 is 1.42 bits per heavy atom. The van der Waals surface area contributed by atoms with Crippen LogP contribution in [0.15, 0.2) is 0 Å². The van der Waals surface area contributed by atoms with Crippen molar-refractivity contribution in [1.29, 1.82) is 0 Å². The van der Waals surface area contributed by atoms with Gasteiger partial charge >= 0.3 is 0 Å². The Morgan fingerprint density at radius 2 is 2.08 bits per heavy atom. The van der Waals surface area contributed by atoms with E-state index in [4.69, 9.17) is 4.74 Å². The molecule has 1 fully saturated rings. The molecule has 0 spiro atoms. The molecule has 1 N–H and O–H groups in total. The molecule has 12 heavy (non-hydrogen) atoms. The lowest BCUT2D eigenvalue weighted by atomic mass is 10.0. The quantitative estimate of drug-likeness (QED) is 0.705. The molecular weight excluding hydrogens is 152 g/mol. The predicted octanol–water partition coefficient (Wildman–Crippen LogP) is 1.96. The van der Waals surface area contributed by atoms with Crippen LogP contribution in [-0.4, -0.2) is 23.4 Å². The Kier molecular flexibility index (Phi) is 3.53. The summed E-state index contributed by atoms with van der Waals surface area (Å²) in [5.41, 5.74) is 0. The average molecular weight is 172 g/mol. The van der Waals surface area contributed by atoms with E-state index in [0.717, 1.165) is 19.3 Å². The summed E-state index contributed by atoms with van der Waals surface area (Å²) < 4.78 is 5.57. The summed E-state index contributed by atoms with van der Waals surface area (Å²) in [6.07, 6.45) is 3.17. The Morgan fingerprint density at radius 3 is 2.50 bits per heavy atom. The molecule has 0 aromatic heterocycles. The van der Waals surface area contributed by atoms with Gasteiger partial charge in [0.2, 0.25) is 0 Å². The van der Waals surface area contributed by atoms with Crippen molar-refractivity contribution in [2.45, 2.75) is 58.3 Å². The van der Waals surface area contributed by atoms with Gasteiger partial charge in [-0.05, 0) is 32.1 Å². The fourth-order valence-electron chi connectivity index (χ4n) is 1.75. The lowest BCUT2D eigenvalue weighted by Crippen LogP contribution is -2.27. The highest BCUT2D eigenvalue weighted by molar-refractivity contribution is 4.77. The van der Waals surface area contributed by atoms with Crippen LogP contribution in [-0.2, 0) is 4.74 Å². The molecule has 1 saturated heterocycles. The van der Waals surface area contributed by atoms with Crippen LogP contribution in [0.2, 0.25) is 0 Å². The third kappa shape index (κ3) is 2.76. The maximum atomic E-state index is 9.71. The van der Waals surface area contributed by atoms with E-state index in [0.29, 0.717) is 12.0 Å². The average Bonchev–Trinajstić information content (AvgIpc) is 2.34. The van der Waals surface area contributed by atoms with Crippen molar-refractivity contribution >= 4 is 0 Å². The number of ether oxygens (including phenoxy) is 1. The molecule has 2 nitrogen and oxygen atoms in total. The van der Waals surface area contributed by atoms with Crippen molar-refractivity contribution in [3.05, 3.63) is 0 Å². The van der Waals surface area contributed by atoms with Crippen molar-refractivity contribution < 1.29 is 9.84 Å². The molecule has 3 unspecified atom stereocenters. The second-order valence-electron chi connectivity index (χ2n) is 4.26. The number of hydrogen-bond acceptors (Lipinski definition) is 2. The number of aliphatic hydroxyl groups excluding tert-OH is 1. The summed E-state index contributed by atoms with van der Waals surface area (Å²) in [6.45, 7) is 6.32. The minimum absolute atomic E-state index is 0.0994. The van der Waals surface area contributed by atoms with Crippen LogP contribution in [0.25, 0.3) is 0 Å². The first kappa shape index (κ1) is 10.0. The van der Waals surface area contributed by atoms with Crippen molar-refractivity contribution in [2.24, 2.45) is 5.92 Å². The second-order valence-corrected chi connectivity index (χ2v) is 4.26. The van der Waals surface area contributed by atoms with Gasteiger partial charge in [-0.25, -0.2) is 0 Å². The van der Waals surface area contributed by atoms with E-state index in [1.165, 1.54) is 0 Å². The molecule has 1 heterocycles. The summed E-state index contributed by atoms with van der Waals surface area (Å²) in [5.74, 6) is 0.555. The molecule has 1 aliphatic heterocycles. The fourth-order valence-corrected chi connectivity index (χ4v) is 1.75. The monoisotopic (exact) mass is 172 g/mol. The Hall–Kier alpha value is -0.0800. The molecule has 72 valence electrons. The predicted molar refractivity (Wildman–Crippen MR) is 49.0 cm³/mol. The van der Waals surface area contributed by atoms with Gasteiger partial charge < -0.3 is 9.84 Å². The normalized spacial score (nSPS) is 32.8. The van der Waals surface area contributed by atoms with Gasteiger partial charge in [0.25, 0.3) is 0 Å². The van der Waals surface area contributed by atoms with E-state index in [-0.39, 0.29) is 12.2 Å². The van der Waals surface area contributed by atoms with Crippen molar-refractivity contribution in [1.82, 2.24) is 0 Å². The first-order chi connectivity index (χ1) is 5.59. The number of hydrogen-bond donors (Lipinski definition) is 1. The molecule has 0 aromatic carbocycles. The van der Waals surface area contributed by atoms with Crippen LogP contribution in [0, 0.1) is 5.92 Å². The van der Waals surface area contributed by atoms with E-state index >= 15 is 0 Å². The minimum Gasteiger partial charge on any atom is -0.390 e. The van der Waals surface area contributed by atoms with Crippen LogP contribution in [0.4, 0.5) is 0 Å². The highest BCUT2D eigenvalue weighted by atomic mass is 16.5. The molecule has 0 amide bonds. The molecule has 0 saturated carbocycles. The van der Waals surface area contributed by atoms with E-state index in [2.05, 4.69) is 20.8 Å². The summed E-state index contributed by atoms with van der Waals surface area (Å²) in [4.78, 5) is 0. The molecule has 1 aliphatic rings. The summed E-state index contributed by atoms with van der Waals surface area (Å²) >= 11 is 0. The van der Waals surface area contributed by atoms with Crippen LogP contribution >= 0.6 is 0 Å². The molecule has 3 atom stereocenters. The second kappa shape index (κ2) is 4.24. The Balaban J connectivity index is 2.28. The molecular formula is C10H20O2. The third-order valence-corrected chi connectivity index (χ3v) is 2.41. The third-order valence-electron chi connectivity index (χ3n) is 2.41. The van der Waals surface area contributed by atoms with Gasteiger partial charge in [-0.15, -0.1) is 0 Å². The highest BCUT2D eigenvalue weighted by Gasteiger charge is 2.28. The largest absolute Gasteiger partial charge is 0.390 e. The van der Waals surface area contributed by atoms with Gasteiger partial charge in [-0.1, -0.05) is 13.8 Å². The summed E-state index contributed by atoms with van der Waals surface area (Å²) in [7, 11) is 0. The van der Waals surface area contributed by atoms with Crippen molar-refractivity contribution in [3.63, 3.8) is 0 Å². The Bertz CT molecular complexity index is 134. The van der Waals surface area contributed by atoms with Gasteiger partial charge in [-0.3, -0.25) is 0 Å². The van der Waals surface area contributed by atoms with Crippen molar-refractivity contribution in [3.8, 4) is 0 Å². The van der Waals surface area contributed by atoms with E-state index < -0.39 is 0 Å². The summed E-state index contributed by atoms with van der Waals surface area (Å²) in [5, 5.41) is 9.71. The molecule has 0 bridgehead atoms. The minimum atomic E-state index is -0.255. The molecule has 2 heteroatoms. The molecule has 0 aliphatic carbocycles. The van der Waals surface area contributed by atoms with Gasteiger partial charge in [0.1, 0.15) is 0 Å². The Labute approximate surface area is 74.9 Å². The molecule has 0 radical (unpaired) electrons. The maximum absolute atomic E-state index is 9.71. The fraction of sp³-hybridized carbons (Fsp3) is 1.00. The van der Waals surface area contributed by atoms with E-state index in [1.54, 1.807) is 0 Å². The van der Waals surface area contributed by atoms with E-state index in [9.17, 15) is 5.11 Å². The SMILES string of the molecule is CC(C)CC(O)C1CCC(C)O1. The molecule has 1 rings (SSSR count). The maximum Gasteiger partial charge on any atom is 0.0838 e. The van der Waals surface area contributed by atoms with Gasteiger partial charge in [-0.2, -0.15) is 0 Å². The van der Waals surface area contributed by atoms with Gasteiger partial charge in [0.05, 0.1) is 18.3 Å². The van der Waals surface area contributed by atoms with Crippen LogP contribution in [0.3, 0.4) is 0 Å². The lowest BCUT2D eigenvalue weighted by molar-refractivity contribution is -0.0358. The topological polar surface area (TPSA) is 29.5 Å². The smallest absolute Gasteiger partial charge is 0.0838 e. The standard InChI is InChI=1S/C10H20O2/c1-7(2)6-9(11)10-5-4-8(3)12-10/h7-11H,4-6H2,1-3H3. The van der Waals surface area contributed by atoms with Crippen LogP contribution in [0.1, 0.15) is 40.0 Å². The summed E-state index contributed by atoms with van der Waals surface area (Å²) in [6, 6.07) is 0. The number of aliphatic hydroxyl groups is 1. The number of rotatable bonds is 3. The van der Waals surface area contributed by atoms with Crippen molar-refractivity contribution in [2.75, 3.05) is 0 Å². The van der Waals surface area contributed by atoms with Crippen LogP contribution < -0.4 is 0 Å². The first-order valence-corrected chi connectivity index (χ1v) is 4.93. The highest BCUT2D eigenvalue weighted by Crippen LogP contribution is 2.24. The zero-order valence-electron chi connectivity index (χ0n) is 8.29. The zero-order valence-corrected chi connectivity index (χ0v) is 8.29. The van der Waals surface area contributed by atoms with Gasteiger partial charge in [0, 0.05) is 0 Å². The zero-order chi connectivity index (χ0) is 9.14. The van der Waals surface area contributed by atoms with E-state index in [1.807, 2.05) is 0 Å². The van der Waals surface area contributed by atoms with Gasteiger partial charge in [0.15, 0.2) is 0 Å².